The number of ketones is 1. The maximum Gasteiger partial charge on any atom is 0.138 e. The van der Waals surface area contributed by atoms with Gasteiger partial charge in [-0.15, -0.1) is 0 Å². The molecule has 0 aliphatic carbocycles. The van der Waals surface area contributed by atoms with E-state index in [4.69, 9.17) is 0 Å². The molecule has 1 rings (SSSR count). The van der Waals surface area contributed by atoms with Crippen molar-refractivity contribution in [1.82, 2.24) is 0 Å². The third-order valence-electron chi connectivity index (χ3n) is 0.913. The third-order valence-corrected chi connectivity index (χ3v) is 1.61. The van der Waals surface area contributed by atoms with Crippen LogP contribution in [0.3, 0.4) is 0 Å². The van der Waals surface area contributed by atoms with Gasteiger partial charge in [-0.05, 0) is 29.3 Å². The minimum Gasteiger partial charge on any atom is -0.299 e. The van der Waals surface area contributed by atoms with E-state index in [1.165, 1.54) is 0 Å². The first-order chi connectivity index (χ1) is 4.29. The van der Waals surface area contributed by atoms with Crippen molar-refractivity contribution in [2.75, 3.05) is 0 Å². The predicted molar refractivity (Wildman–Crippen MR) is 38.4 cm³/mol. The van der Waals surface area contributed by atoms with Gasteiger partial charge in [0.25, 0.3) is 0 Å². The Hall–Kier alpha value is -0.630. The number of thiophene rings is 1. The fourth-order valence-corrected chi connectivity index (χ4v) is 1.21. The van der Waals surface area contributed by atoms with Crippen LogP contribution in [0.5, 0.6) is 0 Å². The van der Waals surface area contributed by atoms with E-state index in [2.05, 4.69) is 0 Å². The average molecular weight is 139 g/mol. The molecule has 1 aromatic rings. The van der Waals surface area contributed by atoms with Crippen molar-refractivity contribution in [3.63, 3.8) is 0 Å². The molecule has 0 aliphatic heterocycles. The molecule has 0 saturated heterocycles. The Morgan fingerprint density at radius 1 is 1.78 bits per heavy atom. The van der Waals surface area contributed by atoms with Crippen molar-refractivity contribution in [3.05, 3.63) is 28.8 Å². The van der Waals surface area contributed by atoms with Crippen LogP contribution in [-0.2, 0) is 4.79 Å². The Morgan fingerprint density at radius 2 is 2.56 bits per heavy atom. The molecule has 0 amide bonds. The lowest BCUT2D eigenvalue weighted by atomic mass is 10.2. The van der Waals surface area contributed by atoms with E-state index in [1.54, 1.807) is 24.7 Å². The number of hydrogen-bond donors (Lipinski definition) is 0. The second-order valence-electron chi connectivity index (χ2n) is 1.81. The van der Waals surface area contributed by atoms with E-state index < -0.39 is 0 Å². The minimum atomic E-state index is 0.105. The lowest BCUT2D eigenvalue weighted by Crippen LogP contribution is -1.89. The van der Waals surface area contributed by atoms with Gasteiger partial charge in [0.05, 0.1) is 6.42 Å². The molecule has 0 N–H and O–H groups in total. The van der Waals surface area contributed by atoms with Gasteiger partial charge < -0.3 is 0 Å². The molecule has 0 aromatic carbocycles. The first kappa shape index (κ1) is 6.49. The predicted octanol–water partition coefficient (Wildman–Crippen LogP) is 1.89. The molecular weight excluding hydrogens is 132 g/mol. The molecule has 0 bridgehead atoms. The Balaban J connectivity index is 2.58. The molecule has 0 atom stereocenters. The average Bonchev–Trinajstić information content (AvgIpc) is 2.15. The summed E-state index contributed by atoms with van der Waals surface area (Å²) in [5.74, 6) is 0.105. The number of carbonyl (C=O) groups excluding carboxylic acids is 1. The fourth-order valence-electron chi connectivity index (χ4n) is 0.592. The number of rotatable bonds is 2. The van der Waals surface area contributed by atoms with Gasteiger partial charge >= 0.3 is 0 Å². The topological polar surface area (TPSA) is 17.1 Å². The number of Topliss-reactive ketones (excluding diaryl/α,β-unsaturated/α-hetero) is 1. The SMILES string of the molecule is CC(=O)[CH]c1ccsc1. The van der Waals surface area contributed by atoms with Crippen LogP contribution >= 0.6 is 11.3 Å². The van der Waals surface area contributed by atoms with E-state index in [0.717, 1.165) is 5.56 Å². The number of hydrogen-bond acceptors (Lipinski definition) is 2. The van der Waals surface area contributed by atoms with E-state index in [-0.39, 0.29) is 5.78 Å². The molecule has 1 radical (unpaired) electrons. The van der Waals surface area contributed by atoms with Crippen LogP contribution in [0.15, 0.2) is 16.8 Å². The molecule has 0 fully saturated rings. The highest BCUT2D eigenvalue weighted by Crippen LogP contribution is 2.07. The number of carbonyl (C=O) groups is 1. The largest absolute Gasteiger partial charge is 0.299 e. The zero-order valence-corrected chi connectivity index (χ0v) is 5.94. The highest BCUT2D eigenvalue weighted by Gasteiger charge is 1.95. The maximum atomic E-state index is 10.5. The Morgan fingerprint density at radius 3 is 3.00 bits per heavy atom. The van der Waals surface area contributed by atoms with E-state index in [0.29, 0.717) is 0 Å². The highest BCUT2D eigenvalue weighted by molar-refractivity contribution is 7.08. The van der Waals surface area contributed by atoms with E-state index in [9.17, 15) is 4.79 Å². The normalized spacial score (nSPS) is 9.44. The molecule has 0 aliphatic rings. The Labute approximate surface area is 58.3 Å². The summed E-state index contributed by atoms with van der Waals surface area (Å²) in [5, 5.41) is 3.90. The summed E-state index contributed by atoms with van der Waals surface area (Å²) >= 11 is 1.60. The summed E-state index contributed by atoms with van der Waals surface area (Å²) in [7, 11) is 0. The van der Waals surface area contributed by atoms with Crippen molar-refractivity contribution >= 4 is 17.1 Å². The van der Waals surface area contributed by atoms with Gasteiger partial charge in [0, 0.05) is 0 Å². The summed E-state index contributed by atoms with van der Waals surface area (Å²) < 4.78 is 0. The Bertz CT molecular complexity index is 189. The van der Waals surface area contributed by atoms with Crippen LogP contribution in [0.2, 0.25) is 0 Å². The van der Waals surface area contributed by atoms with Crippen LogP contribution in [0, 0.1) is 6.42 Å². The molecule has 0 saturated carbocycles. The summed E-state index contributed by atoms with van der Waals surface area (Å²) in [5.41, 5.74) is 1.01. The first-order valence-corrected chi connectivity index (χ1v) is 3.61. The summed E-state index contributed by atoms with van der Waals surface area (Å²) in [6.45, 7) is 1.55. The standard InChI is InChI=1S/C7H7OS/c1-6(8)4-7-2-3-9-5-7/h2-5H,1H3. The second kappa shape index (κ2) is 2.78. The lowest BCUT2D eigenvalue weighted by molar-refractivity contribution is -0.113. The lowest BCUT2D eigenvalue weighted by Gasteiger charge is -1.85. The van der Waals surface area contributed by atoms with Crippen LogP contribution in [-0.4, -0.2) is 5.78 Å². The van der Waals surface area contributed by atoms with E-state index >= 15 is 0 Å². The molecule has 2 heteroatoms. The van der Waals surface area contributed by atoms with Crippen molar-refractivity contribution in [2.45, 2.75) is 6.92 Å². The van der Waals surface area contributed by atoms with Crippen LogP contribution in [0.1, 0.15) is 12.5 Å². The molecule has 1 aromatic heterocycles. The molecule has 47 valence electrons. The monoisotopic (exact) mass is 139 g/mol. The quantitative estimate of drug-likeness (QED) is 0.611. The van der Waals surface area contributed by atoms with Gasteiger partial charge in [0.15, 0.2) is 0 Å². The first-order valence-electron chi connectivity index (χ1n) is 2.66. The molecular formula is C7H7OS. The summed E-state index contributed by atoms with van der Waals surface area (Å²) in [6, 6.07) is 1.92. The van der Waals surface area contributed by atoms with Crippen molar-refractivity contribution in [3.8, 4) is 0 Å². The third kappa shape index (κ3) is 1.98. The van der Waals surface area contributed by atoms with E-state index in [1.807, 2.05) is 16.8 Å². The maximum absolute atomic E-state index is 10.5. The summed E-state index contributed by atoms with van der Waals surface area (Å²) in [6.07, 6.45) is 1.62. The molecule has 1 nitrogen and oxygen atoms in total. The van der Waals surface area contributed by atoms with Gasteiger partial charge in [-0.25, -0.2) is 0 Å². The molecule has 9 heavy (non-hydrogen) atoms. The molecule has 0 unspecified atom stereocenters. The Kier molecular flexibility index (Phi) is 2.01. The highest BCUT2D eigenvalue weighted by atomic mass is 32.1. The van der Waals surface area contributed by atoms with Gasteiger partial charge in [0.1, 0.15) is 5.78 Å². The van der Waals surface area contributed by atoms with Crippen LogP contribution in [0.4, 0.5) is 0 Å². The zero-order chi connectivity index (χ0) is 6.69. The molecule has 1 heterocycles. The zero-order valence-electron chi connectivity index (χ0n) is 5.13. The minimum absolute atomic E-state index is 0.105. The summed E-state index contributed by atoms with van der Waals surface area (Å²) in [4.78, 5) is 10.5. The smallest absolute Gasteiger partial charge is 0.138 e. The van der Waals surface area contributed by atoms with Gasteiger partial charge in [-0.3, -0.25) is 4.79 Å². The van der Waals surface area contributed by atoms with Crippen molar-refractivity contribution in [2.24, 2.45) is 0 Å². The second-order valence-corrected chi connectivity index (χ2v) is 2.59. The van der Waals surface area contributed by atoms with Crippen LogP contribution in [0.25, 0.3) is 0 Å². The van der Waals surface area contributed by atoms with Crippen molar-refractivity contribution in [1.29, 1.82) is 0 Å². The fraction of sp³-hybridized carbons (Fsp3) is 0.143. The van der Waals surface area contributed by atoms with Gasteiger partial charge in [-0.2, -0.15) is 11.3 Å². The molecule has 0 spiro atoms. The van der Waals surface area contributed by atoms with Gasteiger partial charge in [-0.1, -0.05) is 0 Å². The van der Waals surface area contributed by atoms with Gasteiger partial charge in [0.2, 0.25) is 0 Å². The van der Waals surface area contributed by atoms with Crippen molar-refractivity contribution < 1.29 is 4.79 Å². The van der Waals surface area contributed by atoms with Crippen LogP contribution < -0.4 is 0 Å².